The monoisotopic (exact) mass is 514 g/mol. The van der Waals surface area contributed by atoms with Crippen LogP contribution in [-0.2, 0) is 13.6 Å². The van der Waals surface area contributed by atoms with Crippen LogP contribution in [0.3, 0.4) is 0 Å². The average Bonchev–Trinajstić information content (AvgIpc) is 2.59. The van der Waals surface area contributed by atoms with E-state index in [-0.39, 0.29) is 16.2 Å². The molecule has 0 amide bonds. The predicted molar refractivity (Wildman–Crippen MR) is 152 cm³/mol. The van der Waals surface area contributed by atoms with E-state index in [4.69, 9.17) is 13.6 Å². The van der Waals surface area contributed by atoms with Crippen molar-refractivity contribution < 1.29 is 18.7 Å². The number of hydrogen-bond acceptors (Lipinski definition) is 4. The summed E-state index contributed by atoms with van der Waals surface area (Å²) in [6.45, 7) is 34.1. The molecule has 0 heterocycles. The van der Waals surface area contributed by atoms with Gasteiger partial charge < -0.3 is 18.7 Å². The molecule has 0 spiro atoms. The third-order valence-corrected chi connectivity index (χ3v) is 16.8. The summed E-state index contributed by atoms with van der Waals surface area (Å²) in [6, 6.07) is 0. The second kappa shape index (κ2) is 12.7. The van der Waals surface area contributed by atoms with Gasteiger partial charge in [-0.05, 0) is 42.7 Å². The third-order valence-electron chi connectivity index (χ3n) is 6.81. The molecule has 0 aliphatic rings. The van der Waals surface area contributed by atoms with Gasteiger partial charge in [0.15, 0.2) is 16.6 Å². The van der Waals surface area contributed by atoms with Crippen LogP contribution in [0.1, 0.15) is 54.4 Å². The molecule has 3 atom stereocenters. The van der Waals surface area contributed by atoms with Crippen molar-refractivity contribution in [2.24, 2.45) is 0 Å². The van der Waals surface area contributed by atoms with E-state index < -0.39 is 36.9 Å². The Morgan fingerprint density at radius 3 is 1.82 bits per heavy atom. The van der Waals surface area contributed by atoms with E-state index in [0.29, 0.717) is 19.6 Å². The molecule has 0 rings (SSSR count). The van der Waals surface area contributed by atoms with E-state index in [1.807, 2.05) is 0 Å². The van der Waals surface area contributed by atoms with Crippen LogP contribution in [-0.4, -0.2) is 61.3 Å². The number of aliphatic hydroxyl groups excluding tert-OH is 1. The number of hydrogen-bond donors (Lipinski definition) is 1. The summed E-state index contributed by atoms with van der Waals surface area (Å²) in [5, 5.41) is 11.3. The van der Waals surface area contributed by atoms with E-state index >= 15 is 0 Å². The molecule has 0 fully saturated rings. The first kappa shape index (κ1) is 32.8. The van der Waals surface area contributed by atoms with Crippen LogP contribution < -0.4 is 0 Å². The third kappa shape index (κ3) is 11.9. The van der Waals surface area contributed by atoms with Crippen LogP contribution in [0.25, 0.3) is 0 Å². The lowest BCUT2D eigenvalue weighted by Gasteiger charge is -2.41. The van der Waals surface area contributed by atoms with Gasteiger partial charge in [-0.1, -0.05) is 67.3 Å². The standard InChI is InChI=1S/C26H54O4Si3/c1-15-23(30-33(13,14)26(5,6)7)24(22(27)18-16-21-31(8,9)10)28-19-17-20-29-32(11,12)25(2,3)4/h15,22-24,27H,1,17-20H2,2-14H3/t22-,23-,24+/m1/s1. The molecule has 194 valence electrons. The number of ether oxygens (including phenoxy) is 1. The molecular formula is C26H54O4Si3. The van der Waals surface area contributed by atoms with Gasteiger partial charge >= 0.3 is 0 Å². The van der Waals surface area contributed by atoms with Gasteiger partial charge in [0.25, 0.3) is 0 Å². The molecule has 0 aromatic carbocycles. The Morgan fingerprint density at radius 2 is 1.39 bits per heavy atom. The predicted octanol–water partition coefficient (Wildman–Crippen LogP) is 6.99. The maximum atomic E-state index is 11.1. The molecule has 0 bridgehead atoms. The lowest BCUT2D eigenvalue weighted by Crippen LogP contribution is -2.50. The zero-order valence-corrected chi connectivity index (χ0v) is 27.0. The minimum absolute atomic E-state index is 0.0540. The smallest absolute Gasteiger partial charge is 0.193 e. The Balaban J connectivity index is 5.36. The van der Waals surface area contributed by atoms with Crippen molar-refractivity contribution in [1.29, 1.82) is 0 Å². The Labute approximate surface area is 209 Å². The van der Waals surface area contributed by atoms with Gasteiger partial charge in [-0.2, -0.15) is 0 Å². The summed E-state index contributed by atoms with van der Waals surface area (Å²) < 4.78 is 19.1. The molecular weight excluding hydrogens is 461 g/mol. The molecule has 1 N–H and O–H groups in total. The average molecular weight is 515 g/mol. The van der Waals surface area contributed by atoms with Gasteiger partial charge in [0.2, 0.25) is 0 Å². The van der Waals surface area contributed by atoms with E-state index in [1.165, 1.54) is 0 Å². The van der Waals surface area contributed by atoms with Crippen molar-refractivity contribution in [3.05, 3.63) is 12.7 Å². The second-order valence-corrected chi connectivity index (χ2v) is 27.5. The van der Waals surface area contributed by atoms with Crippen LogP contribution in [0.5, 0.6) is 0 Å². The summed E-state index contributed by atoms with van der Waals surface area (Å²) in [7, 11) is -5.34. The van der Waals surface area contributed by atoms with Gasteiger partial charge in [0.05, 0.1) is 12.2 Å². The van der Waals surface area contributed by atoms with E-state index in [2.05, 4.69) is 105 Å². The zero-order chi connectivity index (χ0) is 26.3. The molecule has 7 heteroatoms. The van der Waals surface area contributed by atoms with Gasteiger partial charge in [-0.25, -0.2) is 0 Å². The molecule has 0 aromatic heterocycles. The fourth-order valence-corrected chi connectivity index (χ4v) is 5.53. The van der Waals surface area contributed by atoms with Crippen LogP contribution in [0, 0.1) is 11.5 Å². The summed E-state index contributed by atoms with van der Waals surface area (Å²) >= 11 is 0. The largest absolute Gasteiger partial charge is 0.417 e. The summed E-state index contributed by atoms with van der Waals surface area (Å²) in [4.78, 5) is 0. The fourth-order valence-electron chi connectivity index (χ4n) is 2.55. The van der Waals surface area contributed by atoms with Crippen LogP contribution in [0.2, 0.25) is 55.9 Å². The van der Waals surface area contributed by atoms with Crippen molar-refractivity contribution in [3.8, 4) is 11.5 Å². The number of aliphatic hydroxyl groups is 1. The van der Waals surface area contributed by atoms with Crippen molar-refractivity contribution in [2.45, 2.75) is 129 Å². The van der Waals surface area contributed by atoms with Crippen LogP contribution in [0.15, 0.2) is 12.7 Å². The van der Waals surface area contributed by atoms with Crippen LogP contribution >= 0.6 is 0 Å². The van der Waals surface area contributed by atoms with Crippen molar-refractivity contribution >= 4 is 24.7 Å². The Kier molecular flexibility index (Phi) is 12.6. The minimum atomic E-state index is -2.07. The Bertz CT molecular complexity index is 658. The highest BCUT2D eigenvalue weighted by Crippen LogP contribution is 2.38. The van der Waals surface area contributed by atoms with Gasteiger partial charge in [0, 0.05) is 19.6 Å². The maximum Gasteiger partial charge on any atom is 0.193 e. The van der Waals surface area contributed by atoms with Gasteiger partial charge in [0.1, 0.15) is 14.2 Å². The van der Waals surface area contributed by atoms with Crippen molar-refractivity contribution in [1.82, 2.24) is 0 Å². The summed E-state index contributed by atoms with van der Waals surface area (Å²) in [5.74, 6) is 3.20. The second-order valence-electron chi connectivity index (χ2n) is 13.2. The molecule has 0 radical (unpaired) electrons. The topological polar surface area (TPSA) is 47.9 Å². The van der Waals surface area contributed by atoms with E-state index in [0.717, 1.165) is 6.42 Å². The first-order chi connectivity index (χ1) is 14.6. The van der Waals surface area contributed by atoms with Gasteiger partial charge in [-0.3, -0.25) is 0 Å². The van der Waals surface area contributed by atoms with Gasteiger partial charge in [-0.15, -0.1) is 18.0 Å². The normalized spacial score (nSPS) is 16.5. The maximum absolute atomic E-state index is 11.1. The molecule has 0 saturated heterocycles. The molecule has 0 saturated carbocycles. The molecule has 0 aliphatic heterocycles. The SMILES string of the molecule is C=C[C@@H](O[Si](C)(C)C(C)(C)C)[C@@H](OCCCO[Si](C)(C)C(C)(C)C)[C@H](O)CC#C[Si](C)(C)C. The first-order valence-electron chi connectivity index (χ1n) is 12.4. The molecule has 33 heavy (non-hydrogen) atoms. The van der Waals surface area contributed by atoms with Crippen LogP contribution in [0.4, 0.5) is 0 Å². The zero-order valence-electron chi connectivity index (χ0n) is 24.0. The lowest BCUT2D eigenvalue weighted by atomic mass is 10.1. The fraction of sp³-hybridized carbons (Fsp3) is 0.846. The van der Waals surface area contributed by atoms with E-state index in [9.17, 15) is 5.11 Å². The lowest BCUT2D eigenvalue weighted by molar-refractivity contribution is -0.0816. The van der Waals surface area contributed by atoms with E-state index in [1.54, 1.807) is 6.08 Å². The highest BCUT2D eigenvalue weighted by Gasteiger charge is 2.41. The molecule has 0 aliphatic carbocycles. The molecule has 0 aromatic rings. The highest BCUT2D eigenvalue weighted by atomic mass is 28.4. The Hall–Kier alpha value is -0.209. The minimum Gasteiger partial charge on any atom is -0.417 e. The number of rotatable bonds is 12. The molecule has 0 unspecified atom stereocenters. The summed E-state index contributed by atoms with van der Waals surface area (Å²) in [6.07, 6.45) is 1.33. The van der Waals surface area contributed by atoms with Crippen molar-refractivity contribution in [2.75, 3.05) is 13.2 Å². The van der Waals surface area contributed by atoms with Crippen molar-refractivity contribution in [3.63, 3.8) is 0 Å². The molecule has 4 nitrogen and oxygen atoms in total. The summed E-state index contributed by atoms with van der Waals surface area (Å²) in [5.41, 5.74) is 3.34. The Morgan fingerprint density at radius 1 is 0.879 bits per heavy atom. The highest BCUT2D eigenvalue weighted by molar-refractivity contribution is 6.83. The first-order valence-corrected chi connectivity index (χ1v) is 21.7. The quantitative estimate of drug-likeness (QED) is 0.132.